The third-order valence-corrected chi connectivity index (χ3v) is 4.74. The molecule has 0 saturated carbocycles. The van der Waals surface area contributed by atoms with E-state index >= 15 is 0 Å². The van der Waals surface area contributed by atoms with Gasteiger partial charge in [-0.2, -0.15) is 0 Å². The highest BCUT2D eigenvalue weighted by molar-refractivity contribution is 6.09. The van der Waals surface area contributed by atoms with Crippen molar-refractivity contribution in [3.8, 4) is 0 Å². The van der Waals surface area contributed by atoms with Crippen molar-refractivity contribution >= 4 is 33.4 Å². The Morgan fingerprint density at radius 1 is 0.889 bits per heavy atom. The van der Waals surface area contributed by atoms with Crippen molar-refractivity contribution < 1.29 is 13.6 Å². The molecule has 2 aromatic carbocycles. The molecule has 4 rings (SSSR count). The normalized spacial score (nSPS) is 11.2. The standard InChI is InChI=1S/C22H19NO4/c1-3-23(4-2)16-10-9-15-11-17(22(25)27-19(15)13-16)21(24)20-12-14-7-5-6-8-18(14)26-20/h5-13H,3-4H2,1-2H3. The lowest BCUT2D eigenvalue weighted by Crippen LogP contribution is -2.21. The monoisotopic (exact) mass is 361 g/mol. The van der Waals surface area contributed by atoms with Crippen LogP contribution in [-0.4, -0.2) is 18.9 Å². The predicted molar refractivity (Wildman–Crippen MR) is 106 cm³/mol. The van der Waals surface area contributed by atoms with Crippen molar-refractivity contribution in [2.45, 2.75) is 13.8 Å². The Labute approximate surface area is 155 Å². The largest absolute Gasteiger partial charge is 0.453 e. The van der Waals surface area contributed by atoms with Crippen LogP contribution in [0, 0.1) is 0 Å². The first-order valence-electron chi connectivity index (χ1n) is 8.97. The highest BCUT2D eigenvalue weighted by Crippen LogP contribution is 2.24. The van der Waals surface area contributed by atoms with Crippen molar-refractivity contribution in [3.63, 3.8) is 0 Å². The first-order valence-corrected chi connectivity index (χ1v) is 8.97. The molecule has 0 amide bonds. The summed E-state index contributed by atoms with van der Waals surface area (Å²) in [6, 6.07) is 16.2. The van der Waals surface area contributed by atoms with Crippen molar-refractivity contribution in [2.75, 3.05) is 18.0 Å². The number of anilines is 1. The van der Waals surface area contributed by atoms with Gasteiger partial charge in [-0.25, -0.2) is 4.79 Å². The zero-order valence-corrected chi connectivity index (χ0v) is 15.2. The van der Waals surface area contributed by atoms with E-state index in [1.54, 1.807) is 18.2 Å². The van der Waals surface area contributed by atoms with Crippen LogP contribution in [0.1, 0.15) is 30.0 Å². The average molecular weight is 361 g/mol. The van der Waals surface area contributed by atoms with Crippen LogP contribution < -0.4 is 10.5 Å². The minimum Gasteiger partial charge on any atom is -0.453 e. The quantitative estimate of drug-likeness (QED) is 0.383. The molecule has 0 aliphatic rings. The zero-order chi connectivity index (χ0) is 19.0. The van der Waals surface area contributed by atoms with Crippen LogP contribution in [0.3, 0.4) is 0 Å². The maximum atomic E-state index is 12.8. The van der Waals surface area contributed by atoms with Gasteiger partial charge >= 0.3 is 5.63 Å². The molecule has 0 fully saturated rings. The molecule has 0 aliphatic heterocycles. The second-order valence-electron chi connectivity index (χ2n) is 6.32. The van der Waals surface area contributed by atoms with Gasteiger partial charge in [0.15, 0.2) is 5.76 Å². The van der Waals surface area contributed by atoms with Gasteiger partial charge in [0.2, 0.25) is 5.78 Å². The number of benzene rings is 2. The minimum absolute atomic E-state index is 0.0304. The van der Waals surface area contributed by atoms with Crippen molar-refractivity contribution in [3.05, 3.63) is 76.3 Å². The van der Waals surface area contributed by atoms with Crippen LogP contribution in [0.5, 0.6) is 0 Å². The molecular weight excluding hydrogens is 342 g/mol. The number of fused-ring (bicyclic) bond motifs is 2. The summed E-state index contributed by atoms with van der Waals surface area (Å²) in [6.45, 7) is 5.85. The zero-order valence-electron chi connectivity index (χ0n) is 15.2. The van der Waals surface area contributed by atoms with Gasteiger partial charge in [0, 0.05) is 35.6 Å². The van der Waals surface area contributed by atoms with Gasteiger partial charge in [0.25, 0.3) is 0 Å². The van der Waals surface area contributed by atoms with E-state index < -0.39 is 11.4 Å². The molecule has 0 spiro atoms. The van der Waals surface area contributed by atoms with E-state index in [-0.39, 0.29) is 11.3 Å². The van der Waals surface area contributed by atoms with E-state index in [0.29, 0.717) is 16.6 Å². The Kier molecular flexibility index (Phi) is 4.28. The highest BCUT2D eigenvalue weighted by atomic mass is 16.4. The lowest BCUT2D eigenvalue weighted by Gasteiger charge is -2.20. The van der Waals surface area contributed by atoms with Crippen LogP contribution in [0.15, 0.2) is 68.2 Å². The molecule has 0 aliphatic carbocycles. The second-order valence-corrected chi connectivity index (χ2v) is 6.32. The number of carbonyl (C=O) groups is 1. The Morgan fingerprint density at radius 2 is 1.63 bits per heavy atom. The van der Waals surface area contributed by atoms with E-state index in [1.807, 2.05) is 36.4 Å². The Morgan fingerprint density at radius 3 is 2.37 bits per heavy atom. The molecule has 2 aromatic heterocycles. The number of rotatable bonds is 5. The Balaban J connectivity index is 1.77. The molecule has 0 radical (unpaired) electrons. The number of ketones is 1. The molecule has 0 atom stereocenters. The van der Waals surface area contributed by atoms with Crippen LogP contribution >= 0.6 is 0 Å². The van der Waals surface area contributed by atoms with Gasteiger partial charge in [-0.05, 0) is 44.2 Å². The second kappa shape index (κ2) is 6.76. The number of furan rings is 1. The van der Waals surface area contributed by atoms with Gasteiger partial charge in [-0.3, -0.25) is 4.79 Å². The summed E-state index contributed by atoms with van der Waals surface area (Å²) in [4.78, 5) is 27.4. The third-order valence-electron chi connectivity index (χ3n) is 4.74. The van der Waals surface area contributed by atoms with Gasteiger partial charge in [-0.15, -0.1) is 0 Å². The minimum atomic E-state index is -0.662. The van der Waals surface area contributed by atoms with Crippen LogP contribution in [0.2, 0.25) is 0 Å². The lowest BCUT2D eigenvalue weighted by atomic mass is 10.1. The fourth-order valence-electron chi connectivity index (χ4n) is 3.27. The predicted octanol–water partition coefficient (Wildman–Crippen LogP) is 4.62. The fourth-order valence-corrected chi connectivity index (χ4v) is 3.27. The molecule has 4 aromatic rings. The summed E-state index contributed by atoms with van der Waals surface area (Å²) >= 11 is 0. The molecule has 5 nitrogen and oxygen atoms in total. The molecule has 0 saturated heterocycles. The molecule has 27 heavy (non-hydrogen) atoms. The Hall–Kier alpha value is -3.34. The van der Waals surface area contributed by atoms with E-state index in [0.717, 1.165) is 24.2 Å². The lowest BCUT2D eigenvalue weighted by molar-refractivity contribution is 0.101. The first-order chi connectivity index (χ1) is 13.1. The molecule has 5 heteroatoms. The maximum absolute atomic E-state index is 12.8. The average Bonchev–Trinajstić information content (AvgIpc) is 3.12. The Bertz CT molecular complexity index is 1160. The number of hydrogen-bond acceptors (Lipinski definition) is 5. The topological polar surface area (TPSA) is 63.7 Å². The van der Waals surface area contributed by atoms with Crippen molar-refractivity contribution in [2.24, 2.45) is 0 Å². The maximum Gasteiger partial charge on any atom is 0.347 e. The van der Waals surface area contributed by atoms with E-state index in [1.165, 1.54) is 0 Å². The summed E-state index contributed by atoms with van der Waals surface area (Å²) in [5.74, 6) is -0.350. The highest BCUT2D eigenvalue weighted by Gasteiger charge is 2.20. The van der Waals surface area contributed by atoms with Crippen LogP contribution in [0.25, 0.3) is 21.9 Å². The summed E-state index contributed by atoms with van der Waals surface area (Å²) in [5, 5.41) is 1.51. The smallest absolute Gasteiger partial charge is 0.347 e. The summed E-state index contributed by atoms with van der Waals surface area (Å²) < 4.78 is 11.0. The van der Waals surface area contributed by atoms with E-state index in [4.69, 9.17) is 8.83 Å². The van der Waals surface area contributed by atoms with Crippen LogP contribution in [0.4, 0.5) is 5.69 Å². The fraction of sp³-hybridized carbons (Fsp3) is 0.182. The van der Waals surface area contributed by atoms with Crippen molar-refractivity contribution in [1.82, 2.24) is 0 Å². The molecular formula is C22H19NO4. The molecule has 0 unspecified atom stereocenters. The van der Waals surface area contributed by atoms with E-state index in [2.05, 4.69) is 18.7 Å². The van der Waals surface area contributed by atoms with Crippen molar-refractivity contribution in [1.29, 1.82) is 0 Å². The number of carbonyl (C=O) groups excluding carboxylic acids is 1. The number of hydrogen-bond donors (Lipinski definition) is 0. The number of nitrogens with zero attached hydrogens (tertiary/aromatic N) is 1. The van der Waals surface area contributed by atoms with Gasteiger partial charge < -0.3 is 13.7 Å². The number of para-hydroxylation sites is 1. The molecule has 2 heterocycles. The summed E-state index contributed by atoms with van der Waals surface area (Å²) in [5.41, 5.74) is 1.36. The summed E-state index contributed by atoms with van der Waals surface area (Å²) in [6.07, 6.45) is 0. The van der Waals surface area contributed by atoms with Crippen LogP contribution in [-0.2, 0) is 0 Å². The van der Waals surface area contributed by atoms with E-state index in [9.17, 15) is 9.59 Å². The summed E-state index contributed by atoms with van der Waals surface area (Å²) in [7, 11) is 0. The van der Waals surface area contributed by atoms with Gasteiger partial charge in [-0.1, -0.05) is 18.2 Å². The SMILES string of the molecule is CCN(CC)c1ccc2cc(C(=O)c3cc4ccccc4o3)c(=O)oc2c1. The van der Waals surface area contributed by atoms with Gasteiger partial charge in [0.1, 0.15) is 16.7 Å². The molecule has 136 valence electrons. The first kappa shape index (κ1) is 17.1. The molecule has 0 bridgehead atoms. The van der Waals surface area contributed by atoms with Gasteiger partial charge in [0.05, 0.1) is 0 Å². The molecule has 0 N–H and O–H groups in total. The third kappa shape index (κ3) is 3.01.